The Morgan fingerprint density at radius 1 is 1.06 bits per heavy atom. The van der Waals surface area contributed by atoms with E-state index in [1.807, 2.05) is 24.0 Å². The van der Waals surface area contributed by atoms with Crippen LogP contribution in [0.1, 0.15) is 65.6 Å². The Kier molecular flexibility index (Phi) is 6.59. The first-order valence-corrected chi connectivity index (χ1v) is 12.6. The van der Waals surface area contributed by atoms with Gasteiger partial charge < -0.3 is 19.3 Å². The summed E-state index contributed by atoms with van der Waals surface area (Å²) in [6.45, 7) is 6.34. The number of likely N-dealkylation sites (tertiary alicyclic amines) is 2. The number of methoxy groups -OCH3 is 1. The lowest BCUT2D eigenvalue weighted by atomic mass is 9.79. The number of hydrogen-bond acceptors (Lipinski definition) is 5. The maximum absolute atomic E-state index is 12.9. The predicted molar refractivity (Wildman–Crippen MR) is 135 cm³/mol. The van der Waals surface area contributed by atoms with Gasteiger partial charge >= 0.3 is 0 Å². The van der Waals surface area contributed by atoms with E-state index in [1.54, 1.807) is 7.11 Å². The second-order valence-corrected chi connectivity index (χ2v) is 9.66. The molecular formula is C28H35N3O3. The number of aliphatic imine (C=N–C) groups is 1. The van der Waals surface area contributed by atoms with E-state index in [0.717, 1.165) is 79.3 Å². The maximum atomic E-state index is 12.9. The molecule has 6 heteroatoms. The van der Waals surface area contributed by atoms with Crippen LogP contribution in [-0.2, 0) is 0 Å². The fourth-order valence-corrected chi connectivity index (χ4v) is 5.59. The van der Waals surface area contributed by atoms with Crippen molar-refractivity contribution in [3.8, 4) is 11.5 Å². The molecule has 2 aromatic rings. The Balaban J connectivity index is 1.52. The van der Waals surface area contributed by atoms with E-state index in [0.29, 0.717) is 12.5 Å². The van der Waals surface area contributed by atoms with Gasteiger partial charge in [0.25, 0.3) is 5.91 Å². The number of hydrogen-bond donors (Lipinski definition) is 0. The molecule has 6 nitrogen and oxygen atoms in total. The molecule has 0 aromatic heterocycles. The molecule has 0 spiro atoms. The predicted octanol–water partition coefficient (Wildman–Crippen LogP) is 4.36. The third-order valence-electron chi connectivity index (χ3n) is 7.41. The van der Waals surface area contributed by atoms with Crippen molar-refractivity contribution in [3.63, 3.8) is 0 Å². The van der Waals surface area contributed by atoms with Gasteiger partial charge in [-0.05, 0) is 76.0 Å². The minimum absolute atomic E-state index is 0.135. The maximum Gasteiger partial charge on any atom is 0.253 e. The average molecular weight is 462 g/mol. The van der Waals surface area contributed by atoms with Crippen LogP contribution in [0.25, 0.3) is 0 Å². The van der Waals surface area contributed by atoms with Crippen molar-refractivity contribution in [1.82, 2.24) is 9.80 Å². The van der Waals surface area contributed by atoms with E-state index in [1.165, 1.54) is 12.0 Å². The molecule has 2 atom stereocenters. The molecule has 2 aromatic carbocycles. The fraction of sp³-hybridized carbons (Fsp3) is 0.500. The van der Waals surface area contributed by atoms with E-state index >= 15 is 0 Å². The van der Waals surface area contributed by atoms with Crippen molar-refractivity contribution in [2.75, 3.05) is 46.9 Å². The summed E-state index contributed by atoms with van der Waals surface area (Å²) >= 11 is 0. The molecule has 34 heavy (non-hydrogen) atoms. The zero-order valence-corrected chi connectivity index (χ0v) is 20.5. The van der Waals surface area contributed by atoms with Crippen molar-refractivity contribution in [2.24, 2.45) is 4.99 Å². The van der Waals surface area contributed by atoms with Crippen LogP contribution in [0, 0.1) is 0 Å². The van der Waals surface area contributed by atoms with Crippen molar-refractivity contribution >= 4 is 11.6 Å². The van der Waals surface area contributed by atoms with Crippen molar-refractivity contribution in [1.29, 1.82) is 0 Å². The molecule has 0 saturated carbocycles. The molecule has 1 amide bonds. The van der Waals surface area contributed by atoms with Crippen LogP contribution >= 0.6 is 0 Å². The number of nitrogens with zero attached hydrogens (tertiary/aromatic N) is 3. The highest BCUT2D eigenvalue weighted by molar-refractivity contribution is 6.15. The highest BCUT2D eigenvalue weighted by Gasteiger charge is 2.36. The zero-order chi connectivity index (χ0) is 23.7. The zero-order valence-electron chi connectivity index (χ0n) is 20.5. The number of carbonyl (C=O) groups is 1. The summed E-state index contributed by atoms with van der Waals surface area (Å²) in [5.41, 5.74) is 5.16. The molecule has 0 aliphatic carbocycles. The second kappa shape index (κ2) is 9.79. The summed E-state index contributed by atoms with van der Waals surface area (Å²) in [5, 5.41) is 0. The number of benzene rings is 2. The van der Waals surface area contributed by atoms with Crippen LogP contribution in [0.5, 0.6) is 11.5 Å². The Morgan fingerprint density at radius 3 is 2.53 bits per heavy atom. The lowest BCUT2D eigenvalue weighted by molar-refractivity contribution is 0.0724. The van der Waals surface area contributed by atoms with Crippen LogP contribution in [-0.4, -0.2) is 74.4 Å². The monoisotopic (exact) mass is 461 g/mol. The van der Waals surface area contributed by atoms with Crippen LogP contribution in [0.15, 0.2) is 41.4 Å². The Hall–Kier alpha value is -2.86. The number of ether oxygens (including phenoxy) is 2. The molecule has 3 aliphatic heterocycles. The standard InChI is InChI=1S/C28H35N3O3/c1-4-34-26-16-21-22(17-25(26)33-3)27(29-24-12-15-30(2)18-23(21)24)19-8-10-20(11-9-19)28(32)31-13-6-5-7-14-31/h8-11,16-17,23-24H,4-7,12-15,18H2,1-3H3/t23-,24-/m0/s1. The van der Waals surface area contributed by atoms with Gasteiger partial charge in [-0.2, -0.15) is 0 Å². The first kappa shape index (κ1) is 22.9. The first-order chi connectivity index (χ1) is 16.6. The smallest absolute Gasteiger partial charge is 0.253 e. The lowest BCUT2D eigenvalue weighted by Crippen LogP contribution is -2.41. The van der Waals surface area contributed by atoms with Crippen molar-refractivity contribution < 1.29 is 14.3 Å². The molecule has 180 valence electrons. The number of rotatable bonds is 5. The summed E-state index contributed by atoms with van der Waals surface area (Å²) in [6, 6.07) is 12.5. The molecule has 0 N–H and O–H groups in total. The van der Waals surface area contributed by atoms with Crippen LogP contribution in [0.2, 0.25) is 0 Å². The fourth-order valence-electron chi connectivity index (χ4n) is 5.59. The van der Waals surface area contributed by atoms with Gasteiger partial charge in [-0.25, -0.2) is 0 Å². The number of likely N-dealkylation sites (N-methyl/N-ethyl adjacent to an activating group) is 1. The van der Waals surface area contributed by atoms with E-state index in [4.69, 9.17) is 14.5 Å². The molecule has 0 unspecified atom stereocenters. The van der Waals surface area contributed by atoms with Crippen LogP contribution < -0.4 is 9.47 Å². The van der Waals surface area contributed by atoms with E-state index in [9.17, 15) is 4.79 Å². The number of piperidine rings is 2. The molecular weight excluding hydrogens is 426 g/mol. The largest absolute Gasteiger partial charge is 0.493 e. The topological polar surface area (TPSA) is 54.4 Å². The molecule has 5 rings (SSSR count). The second-order valence-electron chi connectivity index (χ2n) is 9.66. The average Bonchev–Trinajstić information content (AvgIpc) is 2.88. The molecule has 0 radical (unpaired) electrons. The molecule has 2 fully saturated rings. The number of carbonyl (C=O) groups excluding carboxylic acids is 1. The van der Waals surface area contributed by atoms with Crippen molar-refractivity contribution in [3.05, 3.63) is 58.7 Å². The van der Waals surface area contributed by atoms with Gasteiger partial charge in [0.1, 0.15) is 0 Å². The van der Waals surface area contributed by atoms with Crippen molar-refractivity contribution in [2.45, 2.75) is 44.6 Å². The Labute approximate surface area is 202 Å². The van der Waals surface area contributed by atoms with Gasteiger partial charge in [-0.1, -0.05) is 12.1 Å². The van der Waals surface area contributed by atoms with E-state index in [-0.39, 0.29) is 11.9 Å². The number of amides is 1. The van der Waals surface area contributed by atoms with Crippen LogP contribution in [0.3, 0.4) is 0 Å². The Bertz CT molecular complexity index is 1070. The van der Waals surface area contributed by atoms with Gasteiger partial charge in [0.15, 0.2) is 11.5 Å². The summed E-state index contributed by atoms with van der Waals surface area (Å²) < 4.78 is 11.6. The summed E-state index contributed by atoms with van der Waals surface area (Å²) in [7, 11) is 3.86. The summed E-state index contributed by atoms with van der Waals surface area (Å²) in [4.78, 5) is 22.6. The van der Waals surface area contributed by atoms with E-state index in [2.05, 4.69) is 36.2 Å². The molecule has 3 heterocycles. The number of fused-ring (bicyclic) bond motifs is 3. The minimum atomic E-state index is 0.135. The third-order valence-corrected chi connectivity index (χ3v) is 7.41. The molecule has 0 bridgehead atoms. The molecule has 3 aliphatic rings. The quantitative estimate of drug-likeness (QED) is 0.664. The SMILES string of the molecule is CCOc1cc2c(cc1OC)C(c1ccc(C(=O)N3CCCCC3)cc1)=N[C@H]1CCN(C)C[C@@H]21. The first-order valence-electron chi connectivity index (χ1n) is 12.6. The van der Waals surface area contributed by atoms with E-state index < -0.39 is 0 Å². The normalized spacial score (nSPS) is 22.4. The van der Waals surface area contributed by atoms with Gasteiger partial charge in [0.05, 0.1) is 25.5 Å². The third kappa shape index (κ3) is 4.31. The minimum Gasteiger partial charge on any atom is -0.493 e. The summed E-state index contributed by atoms with van der Waals surface area (Å²) in [5.74, 6) is 1.99. The summed E-state index contributed by atoms with van der Waals surface area (Å²) in [6.07, 6.45) is 4.45. The molecule has 2 saturated heterocycles. The van der Waals surface area contributed by atoms with Gasteiger partial charge in [-0.15, -0.1) is 0 Å². The lowest BCUT2D eigenvalue weighted by Gasteiger charge is -2.39. The van der Waals surface area contributed by atoms with Gasteiger partial charge in [-0.3, -0.25) is 9.79 Å². The highest BCUT2D eigenvalue weighted by Crippen LogP contribution is 2.42. The Morgan fingerprint density at radius 2 is 1.82 bits per heavy atom. The van der Waals surface area contributed by atoms with Gasteiger partial charge in [0.2, 0.25) is 0 Å². The highest BCUT2D eigenvalue weighted by atomic mass is 16.5. The van der Waals surface area contributed by atoms with Gasteiger partial charge in [0, 0.05) is 42.2 Å². The van der Waals surface area contributed by atoms with Crippen LogP contribution in [0.4, 0.5) is 0 Å².